The Morgan fingerprint density at radius 1 is 1.35 bits per heavy atom. The maximum Gasteiger partial charge on any atom is 0.241 e. The molecule has 0 saturated carbocycles. The predicted molar refractivity (Wildman–Crippen MR) is 74.1 cm³/mol. The molecule has 17 heavy (non-hydrogen) atoms. The predicted octanol–water partition coefficient (Wildman–Crippen LogP) is 1.74. The zero-order valence-corrected chi connectivity index (χ0v) is 13.5. The molecule has 6 heteroatoms. The number of sulfone groups is 1. The number of rotatable bonds is 6. The van der Waals surface area contributed by atoms with E-state index in [1.54, 1.807) is 0 Å². The highest BCUT2D eigenvalue weighted by atomic mass is 79.9. The Morgan fingerprint density at radius 2 is 1.82 bits per heavy atom. The van der Waals surface area contributed by atoms with Crippen LogP contribution in [0, 0.1) is 5.92 Å². The van der Waals surface area contributed by atoms with E-state index < -0.39 is 20.5 Å². The third kappa shape index (κ3) is 4.95. The zero-order valence-electron chi connectivity index (χ0n) is 11.1. The number of carbonyl (C=O) groups excluding carboxylic acids is 1. The third-order valence-electron chi connectivity index (χ3n) is 2.75. The maximum absolute atomic E-state index is 12.0. The molecular weight excluding hydrogens is 306 g/mol. The van der Waals surface area contributed by atoms with Crippen molar-refractivity contribution in [2.24, 2.45) is 5.92 Å². The van der Waals surface area contributed by atoms with Gasteiger partial charge in [-0.05, 0) is 26.2 Å². The Bertz CT molecular complexity index is 363. The monoisotopic (exact) mass is 327 g/mol. The van der Waals surface area contributed by atoms with E-state index in [0.717, 1.165) is 12.7 Å². The van der Waals surface area contributed by atoms with Gasteiger partial charge in [0.15, 0.2) is 9.84 Å². The summed E-state index contributed by atoms with van der Waals surface area (Å²) in [4.78, 5) is 12.0. The number of hydrogen-bond acceptors (Lipinski definition) is 3. The van der Waals surface area contributed by atoms with Gasteiger partial charge in [0.1, 0.15) is 4.75 Å². The molecular formula is C11H22BrNO3S. The van der Waals surface area contributed by atoms with Crippen LogP contribution in [-0.4, -0.2) is 36.7 Å². The summed E-state index contributed by atoms with van der Waals surface area (Å²) in [5.41, 5.74) is 0. The molecule has 0 radical (unpaired) electrons. The van der Waals surface area contributed by atoms with Gasteiger partial charge in [-0.25, -0.2) is 8.42 Å². The van der Waals surface area contributed by atoms with Crippen molar-refractivity contribution in [1.82, 2.24) is 5.32 Å². The first kappa shape index (κ1) is 16.9. The van der Waals surface area contributed by atoms with Crippen molar-refractivity contribution in [3.63, 3.8) is 0 Å². The molecule has 0 rings (SSSR count). The van der Waals surface area contributed by atoms with Crippen LogP contribution in [0.4, 0.5) is 0 Å². The first-order chi connectivity index (χ1) is 7.52. The SMILES string of the molecule is CC(C)CC(CBr)NC(=O)C(C)(C)S(C)(=O)=O. The van der Waals surface area contributed by atoms with Gasteiger partial charge in [-0.2, -0.15) is 0 Å². The van der Waals surface area contributed by atoms with Gasteiger partial charge in [-0.1, -0.05) is 29.8 Å². The van der Waals surface area contributed by atoms with Crippen LogP contribution in [0.2, 0.25) is 0 Å². The molecule has 1 unspecified atom stereocenters. The van der Waals surface area contributed by atoms with Crippen LogP contribution in [0.5, 0.6) is 0 Å². The summed E-state index contributed by atoms with van der Waals surface area (Å²) in [5, 5.41) is 3.40. The first-order valence-electron chi connectivity index (χ1n) is 5.59. The van der Waals surface area contributed by atoms with Crippen molar-refractivity contribution in [2.45, 2.75) is 44.9 Å². The molecule has 4 nitrogen and oxygen atoms in total. The second kappa shape index (κ2) is 6.18. The zero-order chi connectivity index (χ0) is 13.9. The number of carbonyl (C=O) groups is 1. The lowest BCUT2D eigenvalue weighted by molar-refractivity contribution is -0.123. The van der Waals surface area contributed by atoms with Gasteiger partial charge in [0.2, 0.25) is 5.91 Å². The summed E-state index contributed by atoms with van der Waals surface area (Å²) >= 11 is 3.33. The maximum atomic E-state index is 12.0. The van der Waals surface area contributed by atoms with Gasteiger partial charge in [0.25, 0.3) is 0 Å². The fourth-order valence-corrected chi connectivity index (χ4v) is 2.08. The fraction of sp³-hybridized carbons (Fsp3) is 0.909. The summed E-state index contributed by atoms with van der Waals surface area (Å²) in [7, 11) is -3.41. The highest BCUT2D eigenvalue weighted by molar-refractivity contribution is 9.09. The van der Waals surface area contributed by atoms with Crippen molar-refractivity contribution >= 4 is 31.7 Å². The Balaban J connectivity index is 4.74. The Morgan fingerprint density at radius 3 is 2.12 bits per heavy atom. The lowest BCUT2D eigenvalue weighted by Crippen LogP contribution is -2.51. The summed E-state index contributed by atoms with van der Waals surface area (Å²) < 4.78 is 21.6. The Hall–Kier alpha value is -0.100. The number of nitrogens with one attached hydrogen (secondary N) is 1. The molecule has 0 heterocycles. The molecule has 1 amide bonds. The molecule has 0 aromatic heterocycles. The van der Waals surface area contributed by atoms with Gasteiger partial charge in [0.05, 0.1) is 0 Å². The van der Waals surface area contributed by atoms with Crippen LogP contribution >= 0.6 is 15.9 Å². The van der Waals surface area contributed by atoms with Gasteiger partial charge >= 0.3 is 0 Å². The lowest BCUT2D eigenvalue weighted by atomic mass is 10.0. The minimum absolute atomic E-state index is 0.0384. The van der Waals surface area contributed by atoms with Crippen LogP contribution in [0.1, 0.15) is 34.1 Å². The molecule has 0 aliphatic rings. The third-order valence-corrected chi connectivity index (χ3v) is 5.57. The summed E-state index contributed by atoms with van der Waals surface area (Å²) in [6.45, 7) is 6.98. The molecule has 0 bridgehead atoms. The standard InChI is InChI=1S/C11H22BrNO3S/c1-8(2)6-9(7-12)13-10(14)11(3,4)17(5,15)16/h8-9H,6-7H2,1-5H3,(H,13,14). The number of halogens is 1. The van der Waals surface area contributed by atoms with Crippen molar-refractivity contribution in [3.05, 3.63) is 0 Å². The molecule has 0 aromatic rings. The van der Waals surface area contributed by atoms with E-state index in [4.69, 9.17) is 0 Å². The largest absolute Gasteiger partial charge is 0.351 e. The Labute approximate surface area is 113 Å². The van der Waals surface area contributed by atoms with E-state index in [-0.39, 0.29) is 6.04 Å². The molecule has 0 fully saturated rings. The van der Waals surface area contributed by atoms with Crippen LogP contribution in [0.25, 0.3) is 0 Å². The number of hydrogen-bond donors (Lipinski definition) is 1. The van der Waals surface area contributed by atoms with Crippen molar-refractivity contribution in [2.75, 3.05) is 11.6 Å². The van der Waals surface area contributed by atoms with Gasteiger partial charge in [0, 0.05) is 17.6 Å². The summed E-state index contributed by atoms with van der Waals surface area (Å²) in [5.74, 6) is 0.00398. The van der Waals surface area contributed by atoms with Crippen LogP contribution < -0.4 is 5.32 Å². The highest BCUT2D eigenvalue weighted by Crippen LogP contribution is 2.16. The Kier molecular flexibility index (Phi) is 6.14. The summed E-state index contributed by atoms with van der Waals surface area (Å²) in [6.07, 6.45) is 1.90. The second-order valence-corrected chi connectivity index (χ2v) is 8.45. The smallest absolute Gasteiger partial charge is 0.241 e. The van der Waals surface area contributed by atoms with Gasteiger partial charge in [-0.15, -0.1) is 0 Å². The minimum atomic E-state index is -3.41. The molecule has 0 aliphatic carbocycles. The second-order valence-electron chi connectivity index (χ2n) is 5.24. The fourth-order valence-electron chi connectivity index (χ4n) is 1.26. The molecule has 102 valence electrons. The lowest BCUT2D eigenvalue weighted by Gasteiger charge is -2.26. The molecule has 0 aliphatic heterocycles. The average molecular weight is 328 g/mol. The van der Waals surface area contributed by atoms with Crippen molar-refractivity contribution < 1.29 is 13.2 Å². The van der Waals surface area contributed by atoms with Crippen molar-refractivity contribution in [1.29, 1.82) is 0 Å². The average Bonchev–Trinajstić information content (AvgIpc) is 2.13. The van der Waals surface area contributed by atoms with Crippen LogP contribution in [0.15, 0.2) is 0 Å². The van der Waals surface area contributed by atoms with E-state index in [9.17, 15) is 13.2 Å². The molecule has 0 spiro atoms. The quantitative estimate of drug-likeness (QED) is 0.756. The normalized spacial score (nSPS) is 14.8. The first-order valence-corrected chi connectivity index (χ1v) is 8.60. The van der Waals surface area contributed by atoms with E-state index in [2.05, 4.69) is 35.1 Å². The molecule has 1 N–H and O–H groups in total. The van der Waals surface area contributed by atoms with E-state index in [1.807, 2.05) is 0 Å². The highest BCUT2D eigenvalue weighted by Gasteiger charge is 2.39. The topological polar surface area (TPSA) is 63.2 Å². The molecule has 1 atom stereocenters. The van der Waals surface area contributed by atoms with Crippen LogP contribution in [-0.2, 0) is 14.6 Å². The van der Waals surface area contributed by atoms with Crippen molar-refractivity contribution in [3.8, 4) is 0 Å². The number of amides is 1. The van der Waals surface area contributed by atoms with Gasteiger partial charge in [-0.3, -0.25) is 4.79 Å². The van der Waals surface area contributed by atoms with Crippen LogP contribution in [0.3, 0.4) is 0 Å². The molecule has 0 saturated heterocycles. The number of alkyl halides is 1. The minimum Gasteiger partial charge on any atom is -0.351 e. The van der Waals surface area contributed by atoms with Gasteiger partial charge < -0.3 is 5.32 Å². The molecule has 0 aromatic carbocycles. The van der Waals surface area contributed by atoms with E-state index in [0.29, 0.717) is 11.2 Å². The van der Waals surface area contributed by atoms with E-state index in [1.165, 1.54) is 13.8 Å². The van der Waals surface area contributed by atoms with E-state index >= 15 is 0 Å². The summed E-state index contributed by atoms with van der Waals surface area (Å²) in [6, 6.07) is -0.0384.